The van der Waals surface area contributed by atoms with Crippen LogP contribution in [0.15, 0.2) is 0 Å². The lowest BCUT2D eigenvalue weighted by Gasteiger charge is -2.47. The van der Waals surface area contributed by atoms with Crippen molar-refractivity contribution in [2.45, 2.75) is 52.5 Å². The van der Waals surface area contributed by atoms with Crippen molar-refractivity contribution in [3.8, 4) is 0 Å². The first-order valence-corrected chi connectivity index (χ1v) is 8.63. The summed E-state index contributed by atoms with van der Waals surface area (Å²) in [4.78, 5) is 30.3. The number of hydrogen-bond donors (Lipinski definition) is 0. The Bertz CT molecular complexity index is 414. The Hall–Kier alpha value is -1.10. The minimum atomic E-state index is 0.241. The number of likely N-dealkylation sites (tertiary alicyclic amines) is 2. The SMILES string of the molecule is CCN1CC2(CCC1=O)CCN(C(=O)CN(C)C(C)C)CC2. The number of amides is 2. The maximum absolute atomic E-state index is 12.4. The summed E-state index contributed by atoms with van der Waals surface area (Å²) in [6.45, 7) is 10.2. The standard InChI is InChI=1S/C17H31N3O2/c1-5-19-13-17(7-6-15(19)21)8-10-20(11-9-17)16(22)12-18(4)14(2)3/h14H,5-13H2,1-4H3. The first-order valence-electron chi connectivity index (χ1n) is 8.63. The van der Waals surface area contributed by atoms with E-state index in [9.17, 15) is 9.59 Å². The van der Waals surface area contributed by atoms with Crippen LogP contribution in [0.5, 0.6) is 0 Å². The molecule has 2 fully saturated rings. The third-order valence-corrected chi connectivity index (χ3v) is 5.57. The van der Waals surface area contributed by atoms with Crippen LogP contribution in [0, 0.1) is 5.41 Å². The molecular formula is C17H31N3O2. The Labute approximate surface area is 134 Å². The molecule has 2 aliphatic rings. The summed E-state index contributed by atoms with van der Waals surface area (Å²) in [6.07, 6.45) is 3.75. The van der Waals surface area contributed by atoms with Crippen LogP contribution in [0.3, 0.4) is 0 Å². The Kier molecular flexibility index (Phi) is 5.48. The van der Waals surface area contributed by atoms with Gasteiger partial charge in [-0.2, -0.15) is 0 Å². The molecule has 1 spiro atoms. The van der Waals surface area contributed by atoms with Gasteiger partial charge in [-0.25, -0.2) is 0 Å². The Morgan fingerprint density at radius 3 is 2.45 bits per heavy atom. The molecule has 0 aromatic heterocycles. The molecule has 0 aliphatic carbocycles. The van der Waals surface area contributed by atoms with Gasteiger partial charge in [0.05, 0.1) is 6.54 Å². The lowest BCUT2D eigenvalue weighted by atomic mass is 9.72. The van der Waals surface area contributed by atoms with Gasteiger partial charge in [-0.1, -0.05) is 0 Å². The Morgan fingerprint density at radius 1 is 1.27 bits per heavy atom. The lowest BCUT2D eigenvalue weighted by molar-refractivity contribution is -0.142. The van der Waals surface area contributed by atoms with E-state index in [0.717, 1.165) is 45.4 Å². The van der Waals surface area contributed by atoms with E-state index in [4.69, 9.17) is 0 Å². The summed E-state index contributed by atoms with van der Waals surface area (Å²) in [5.41, 5.74) is 0.255. The van der Waals surface area contributed by atoms with E-state index in [1.807, 2.05) is 16.8 Å². The minimum absolute atomic E-state index is 0.241. The van der Waals surface area contributed by atoms with Gasteiger partial charge in [0.1, 0.15) is 0 Å². The van der Waals surface area contributed by atoms with Crippen molar-refractivity contribution in [2.75, 3.05) is 39.8 Å². The van der Waals surface area contributed by atoms with E-state index in [2.05, 4.69) is 25.7 Å². The predicted molar refractivity (Wildman–Crippen MR) is 87.5 cm³/mol. The summed E-state index contributed by atoms with van der Waals surface area (Å²) < 4.78 is 0. The maximum Gasteiger partial charge on any atom is 0.236 e. The zero-order chi connectivity index (χ0) is 16.3. The summed E-state index contributed by atoms with van der Waals surface area (Å²) in [5, 5.41) is 0. The van der Waals surface area contributed by atoms with Crippen LogP contribution in [-0.4, -0.2) is 72.3 Å². The summed E-state index contributed by atoms with van der Waals surface area (Å²) in [7, 11) is 2.00. The fourth-order valence-electron chi connectivity index (χ4n) is 3.52. The summed E-state index contributed by atoms with van der Waals surface area (Å²) in [6, 6.07) is 0.391. The molecule has 0 radical (unpaired) electrons. The smallest absolute Gasteiger partial charge is 0.236 e. The first-order chi connectivity index (χ1) is 10.4. The average Bonchev–Trinajstić information content (AvgIpc) is 2.50. The molecule has 0 aromatic carbocycles. The van der Waals surface area contributed by atoms with E-state index >= 15 is 0 Å². The van der Waals surface area contributed by atoms with Gasteiger partial charge in [-0.15, -0.1) is 0 Å². The number of hydrogen-bond acceptors (Lipinski definition) is 3. The zero-order valence-electron chi connectivity index (χ0n) is 14.6. The van der Waals surface area contributed by atoms with Crippen molar-refractivity contribution in [3.63, 3.8) is 0 Å². The van der Waals surface area contributed by atoms with Gasteiger partial charge in [0, 0.05) is 38.6 Å². The van der Waals surface area contributed by atoms with Crippen LogP contribution in [0.2, 0.25) is 0 Å². The van der Waals surface area contributed by atoms with Crippen LogP contribution in [0.25, 0.3) is 0 Å². The van der Waals surface area contributed by atoms with Gasteiger partial charge in [-0.05, 0) is 52.5 Å². The number of piperidine rings is 2. The molecule has 2 rings (SSSR count). The number of rotatable bonds is 4. The van der Waals surface area contributed by atoms with Gasteiger partial charge in [0.2, 0.25) is 11.8 Å². The molecule has 0 aromatic rings. The van der Waals surface area contributed by atoms with Crippen LogP contribution in [0.4, 0.5) is 0 Å². The normalized spacial score (nSPS) is 22.0. The van der Waals surface area contributed by atoms with Crippen molar-refractivity contribution in [3.05, 3.63) is 0 Å². The number of carbonyl (C=O) groups excluding carboxylic acids is 2. The third kappa shape index (κ3) is 3.80. The van der Waals surface area contributed by atoms with Gasteiger partial charge >= 0.3 is 0 Å². The van der Waals surface area contributed by atoms with Crippen LogP contribution < -0.4 is 0 Å². The fraction of sp³-hybridized carbons (Fsp3) is 0.882. The molecule has 5 nitrogen and oxygen atoms in total. The molecule has 22 heavy (non-hydrogen) atoms. The van der Waals surface area contributed by atoms with Crippen LogP contribution >= 0.6 is 0 Å². The van der Waals surface area contributed by atoms with Gasteiger partial charge in [0.25, 0.3) is 0 Å². The Morgan fingerprint density at radius 2 is 1.91 bits per heavy atom. The van der Waals surface area contributed by atoms with Crippen LogP contribution in [0.1, 0.15) is 46.5 Å². The summed E-state index contributed by atoms with van der Waals surface area (Å²) >= 11 is 0. The molecule has 0 unspecified atom stereocenters. The highest BCUT2D eigenvalue weighted by molar-refractivity contribution is 5.78. The highest BCUT2D eigenvalue weighted by Gasteiger charge is 2.41. The number of carbonyl (C=O) groups is 2. The maximum atomic E-state index is 12.4. The van der Waals surface area contributed by atoms with Crippen molar-refractivity contribution < 1.29 is 9.59 Å². The van der Waals surface area contributed by atoms with Crippen molar-refractivity contribution in [1.29, 1.82) is 0 Å². The van der Waals surface area contributed by atoms with Crippen LogP contribution in [-0.2, 0) is 9.59 Å². The van der Waals surface area contributed by atoms with Crippen molar-refractivity contribution in [1.82, 2.24) is 14.7 Å². The largest absolute Gasteiger partial charge is 0.342 e. The molecule has 2 amide bonds. The highest BCUT2D eigenvalue weighted by Crippen LogP contribution is 2.40. The molecule has 0 N–H and O–H groups in total. The second kappa shape index (κ2) is 6.99. The van der Waals surface area contributed by atoms with Crippen molar-refractivity contribution >= 4 is 11.8 Å². The number of likely N-dealkylation sites (N-methyl/N-ethyl adjacent to an activating group) is 1. The molecule has 5 heteroatoms. The second-order valence-corrected chi connectivity index (χ2v) is 7.30. The Balaban J connectivity index is 1.87. The monoisotopic (exact) mass is 309 g/mol. The van der Waals surface area contributed by atoms with E-state index in [1.54, 1.807) is 0 Å². The quantitative estimate of drug-likeness (QED) is 0.792. The molecule has 0 bridgehead atoms. The second-order valence-electron chi connectivity index (χ2n) is 7.30. The van der Waals surface area contributed by atoms with Gasteiger partial charge in [0.15, 0.2) is 0 Å². The molecule has 0 atom stereocenters. The minimum Gasteiger partial charge on any atom is -0.342 e. The summed E-state index contributed by atoms with van der Waals surface area (Å²) in [5.74, 6) is 0.537. The zero-order valence-corrected chi connectivity index (χ0v) is 14.6. The fourth-order valence-corrected chi connectivity index (χ4v) is 3.52. The van der Waals surface area contributed by atoms with E-state index < -0.39 is 0 Å². The third-order valence-electron chi connectivity index (χ3n) is 5.57. The predicted octanol–water partition coefficient (Wildman–Crippen LogP) is 1.58. The van der Waals surface area contributed by atoms with E-state index in [0.29, 0.717) is 24.9 Å². The molecule has 126 valence electrons. The number of nitrogens with zero attached hydrogens (tertiary/aromatic N) is 3. The lowest BCUT2D eigenvalue weighted by Crippen LogP contribution is -2.53. The molecule has 2 saturated heterocycles. The highest BCUT2D eigenvalue weighted by atomic mass is 16.2. The van der Waals surface area contributed by atoms with E-state index in [-0.39, 0.29) is 11.3 Å². The molecular weight excluding hydrogens is 278 g/mol. The molecule has 2 heterocycles. The van der Waals surface area contributed by atoms with Crippen molar-refractivity contribution in [2.24, 2.45) is 5.41 Å². The topological polar surface area (TPSA) is 43.9 Å². The van der Waals surface area contributed by atoms with Gasteiger partial charge in [-0.3, -0.25) is 14.5 Å². The molecule has 2 aliphatic heterocycles. The average molecular weight is 309 g/mol. The van der Waals surface area contributed by atoms with Gasteiger partial charge < -0.3 is 9.80 Å². The molecule has 0 saturated carbocycles. The first kappa shape index (κ1) is 17.3. The van der Waals surface area contributed by atoms with E-state index in [1.165, 1.54) is 0 Å².